The molecule has 67 valence electrons. The van der Waals surface area contributed by atoms with Gasteiger partial charge in [0.25, 0.3) is 7.48 Å². The summed E-state index contributed by atoms with van der Waals surface area (Å²) >= 11 is 0. The quantitative estimate of drug-likeness (QED) is 0.486. The van der Waals surface area contributed by atoms with Gasteiger partial charge in [0.05, 0.1) is 6.35 Å². The van der Waals surface area contributed by atoms with Crippen molar-refractivity contribution in [1.82, 2.24) is 0 Å². The predicted molar refractivity (Wildman–Crippen MR) is 50.0 cm³/mol. The van der Waals surface area contributed by atoms with E-state index in [0.29, 0.717) is 6.35 Å². The molecule has 0 aliphatic rings. The maximum absolute atomic E-state index is 10.7. The van der Waals surface area contributed by atoms with Crippen LogP contribution in [0, 0.1) is 0 Å². The van der Waals surface area contributed by atoms with Crippen molar-refractivity contribution in [2.24, 2.45) is 0 Å². The molecule has 0 saturated heterocycles. The Morgan fingerprint density at radius 2 is 1.73 bits per heavy atom. The fourth-order valence-electron chi connectivity index (χ4n) is 0.311. The second-order valence-electron chi connectivity index (χ2n) is 2.46. The fourth-order valence-corrected chi connectivity index (χ4v) is 0.933. The topological polar surface area (TPSA) is 35.5 Å². The molecule has 0 bridgehead atoms. The van der Waals surface area contributed by atoms with E-state index in [1.54, 1.807) is 35.0 Å². The lowest BCUT2D eigenvalue weighted by Gasteiger charge is -2.01. The Kier molecular flexibility index (Phi) is 10.4. The van der Waals surface area contributed by atoms with E-state index < -0.39 is 7.14 Å². The van der Waals surface area contributed by atoms with Gasteiger partial charge in [0.15, 0.2) is 0 Å². The number of ether oxygens (including phenoxy) is 1. The lowest BCUT2D eigenvalue weighted by Crippen LogP contribution is -1.86. The Morgan fingerprint density at radius 3 is 1.73 bits per heavy atom. The standard InChI is InChI=1S/C4H11O2P.C2H6BO/c1-6-4-7(2,3)5;1-3-4-2/h4H2,1-3H3;1-2H3. The van der Waals surface area contributed by atoms with Crippen LogP contribution in [0.2, 0.25) is 6.82 Å². The zero-order chi connectivity index (χ0) is 9.33. The van der Waals surface area contributed by atoms with Crippen molar-refractivity contribution >= 4 is 14.6 Å². The highest BCUT2D eigenvalue weighted by molar-refractivity contribution is 7.62. The molecule has 5 heteroatoms. The normalized spacial score (nSPS) is 9.91. The van der Waals surface area contributed by atoms with Crippen LogP contribution in [0.4, 0.5) is 0 Å². The number of rotatable bonds is 3. The van der Waals surface area contributed by atoms with Crippen LogP contribution in [0.25, 0.3) is 0 Å². The summed E-state index contributed by atoms with van der Waals surface area (Å²) in [5, 5.41) is 0. The lowest BCUT2D eigenvalue weighted by atomic mass is 10.1. The highest BCUT2D eigenvalue weighted by Gasteiger charge is 2.02. The van der Waals surface area contributed by atoms with Gasteiger partial charge in [-0.2, -0.15) is 0 Å². The summed E-state index contributed by atoms with van der Waals surface area (Å²) in [7, 11) is 2.92. The molecular weight excluding hydrogens is 162 g/mol. The Hall–Kier alpha value is 0.215. The highest BCUT2D eigenvalue weighted by atomic mass is 31.2. The smallest absolute Gasteiger partial charge is 0.288 e. The predicted octanol–water partition coefficient (Wildman–Crippen LogP) is 1.51. The molecule has 0 heterocycles. The number of hydrogen-bond donors (Lipinski definition) is 0. The maximum atomic E-state index is 10.7. The largest absolute Gasteiger partial charge is 0.443 e. The minimum Gasteiger partial charge on any atom is -0.443 e. The van der Waals surface area contributed by atoms with Gasteiger partial charge in [0, 0.05) is 14.2 Å². The molecule has 0 aromatic rings. The maximum Gasteiger partial charge on any atom is 0.288 e. The number of hydrogen-bond acceptors (Lipinski definition) is 3. The van der Waals surface area contributed by atoms with Crippen molar-refractivity contribution < 1.29 is 14.0 Å². The molecule has 0 saturated carbocycles. The summed E-state index contributed by atoms with van der Waals surface area (Å²) in [6.45, 7) is 5.24. The summed E-state index contributed by atoms with van der Waals surface area (Å²) in [6.07, 6.45) is 0.396. The molecule has 0 fully saturated rings. The van der Waals surface area contributed by atoms with E-state index >= 15 is 0 Å². The SMILES string of the molecule is COCP(C)(C)=O.C[B]OC. The van der Waals surface area contributed by atoms with Gasteiger partial charge in [-0.15, -0.1) is 0 Å². The van der Waals surface area contributed by atoms with Gasteiger partial charge in [-0.3, -0.25) is 0 Å². The molecule has 0 spiro atoms. The summed E-state index contributed by atoms with van der Waals surface area (Å²) in [4.78, 5) is 0. The molecule has 0 aliphatic carbocycles. The zero-order valence-electron chi connectivity index (χ0n) is 7.96. The van der Waals surface area contributed by atoms with Crippen LogP contribution in [0.1, 0.15) is 0 Å². The van der Waals surface area contributed by atoms with Crippen molar-refractivity contribution in [2.45, 2.75) is 6.82 Å². The van der Waals surface area contributed by atoms with E-state index in [1.807, 2.05) is 6.82 Å². The molecule has 0 aliphatic heterocycles. The van der Waals surface area contributed by atoms with E-state index in [-0.39, 0.29) is 0 Å². The first-order valence-corrected chi connectivity index (χ1v) is 6.10. The van der Waals surface area contributed by atoms with Gasteiger partial charge >= 0.3 is 0 Å². The highest BCUT2D eigenvalue weighted by Crippen LogP contribution is 2.34. The van der Waals surface area contributed by atoms with Crippen LogP contribution < -0.4 is 0 Å². The molecule has 1 radical (unpaired) electrons. The average molecular weight is 179 g/mol. The molecular formula is C6H17BO3P. The Balaban J connectivity index is 0. The van der Waals surface area contributed by atoms with Gasteiger partial charge in [0.1, 0.15) is 7.14 Å². The third-order valence-electron chi connectivity index (χ3n) is 0.676. The first-order chi connectivity index (χ1) is 4.97. The Bertz CT molecular complexity index is 110. The van der Waals surface area contributed by atoms with Gasteiger partial charge in [-0.1, -0.05) is 6.82 Å². The summed E-state index contributed by atoms with van der Waals surface area (Å²) in [5.74, 6) is 0. The van der Waals surface area contributed by atoms with Crippen LogP contribution >= 0.6 is 7.14 Å². The number of methoxy groups -OCH3 is 1. The van der Waals surface area contributed by atoms with Crippen molar-refractivity contribution in [1.29, 1.82) is 0 Å². The summed E-state index contributed by atoms with van der Waals surface area (Å²) in [5.41, 5.74) is 0. The third-order valence-corrected chi connectivity index (χ3v) is 1.56. The lowest BCUT2D eigenvalue weighted by molar-refractivity contribution is 0.250. The van der Waals surface area contributed by atoms with Crippen LogP contribution in [-0.2, 0) is 14.0 Å². The second-order valence-corrected chi connectivity index (χ2v) is 5.87. The fraction of sp³-hybridized carbons (Fsp3) is 1.00. The van der Waals surface area contributed by atoms with Crippen molar-refractivity contribution in [3.63, 3.8) is 0 Å². The van der Waals surface area contributed by atoms with E-state index in [9.17, 15) is 4.57 Å². The van der Waals surface area contributed by atoms with E-state index in [2.05, 4.69) is 9.39 Å². The molecule has 0 aromatic carbocycles. The summed E-state index contributed by atoms with van der Waals surface area (Å²) < 4.78 is 19.7. The van der Waals surface area contributed by atoms with Gasteiger partial charge in [0.2, 0.25) is 0 Å². The molecule has 3 nitrogen and oxygen atoms in total. The third kappa shape index (κ3) is 25.3. The molecule has 0 N–H and O–H groups in total. The molecule has 0 amide bonds. The van der Waals surface area contributed by atoms with Crippen LogP contribution in [0.5, 0.6) is 0 Å². The monoisotopic (exact) mass is 179 g/mol. The van der Waals surface area contributed by atoms with E-state index in [1.165, 1.54) is 0 Å². The Labute approximate surface area is 70.1 Å². The minimum absolute atomic E-state index is 0.396. The van der Waals surface area contributed by atoms with Crippen molar-refractivity contribution in [3.8, 4) is 0 Å². The first kappa shape index (κ1) is 13.8. The molecule has 11 heavy (non-hydrogen) atoms. The minimum atomic E-state index is -1.89. The van der Waals surface area contributed by atoms with Crippen molar-refractivity contribution in [2.75, 3.05) is 33.9 Å². The average Bonchev–Trinajstić information content (AvgIpc) is 1.86. The van der Waals surface area contributed by atoms with Crippen LogP contribution in [-0.4, -0.2) is 41.4 Å². The van der Waals surface area contributed by atoms with Gasteiger partial charge in [-0.25, -0.2) is 0 Å². The van der Waals surface area contributed by atoms with E-state index in [4.69, 9.17) is 0 Å². The van der Waals surface area contributed by atoms with Gasteiger partial charge < -0.3 is 14.0 Å². The summed E-state index contributed by atoms with van der Waals surface area (Å²) in [6, 6.07) is 0. The van der Waals surface area contributed by atoms with Crippen LogP contribution in [0.15, 0.2) is 0 Å². The van der Waals surface area contributed by atoms with Crippen molar-refractivity contribution in [3.05, 3.63) is 0 Å². The molecule has 0 atom stereocenters. The Morgan fingerprint density at radius 1 is 1.36 bits per heavy atom. The van der Waals surface area contributed by atoms with E-state index in [0.717, 1.165) is 0 Å². The molecule has 0 aromatic heterocycles. The second kappa shape index (κ2) is 8.31. The molecule has 0 unspecified atom stereocenters. The first-order valence-electron chi connectivity index (χ1n) is 3.31. The van der Waals surface area contributed by atoms with Crippen LogP contribution in [0.3, 0.4) is 0 Å². The van der Waals surface area contributed by atoms with Gasteiger partial charge in [-0.05, 0) is 13.3 Å². The molecule has 0 rings (SSSR count). The zero-order valence-corrected chi connectivity index (χ0v) is 8.85.